The van der Waals surface area contributed by atoms with Gasteiger partial charge in [-0.05, 0) is 58.5 Å². The fourth-order valence-electron chi connectivity index (χ4n) is 4.49. The molecule has 0 amide bonds. The van der Waals surface area contributed by atoms with Crippen molar-refractivity contribution in [3.05, 3.63) is 0 Å². The van der Waals surface area contributed by atoms with Gasteiger partial charge in [0.05, 0.1) is 5.67 Å². The smallest absolute Gasteiger partial charge is 0.352 e. The van der Waals surface area contributed by atoms with Crippen LogP contribution in [0.5, 0.6) is 0 Å². The summed E-state index contributed by atoms with van der Waals surface area (Å²) in [4.78, 5) is 2.78. The van der Waals surface area contributed by atoms with Crippen LogP contribution in [0.4, 0.5) is 0 Å². The summed E-state index contributed by atoms with van der Waals surface area (Å²) in [6, 6.07) is 0. The van der Waals surface area contributed by atoms with Gasteiger partial charge >= 0.3 is 8.56 Å². The predicted molar refractivity (Wildman–Crippen MR) is 95.3 cm³/mol. The highest BCUT2D eigenvalue weighted by atomic mass is 28.4. The Balaban J connectivity index is 2.07. The third-order valence-corrected chi connectivity index (χ3v) is 9.14. The van der Waals surface area contributed by atoms with Crippen molar-refractivity contribution in [1.29, 1.82) is 0 Å². The maximum absolute atomic E-state index is 6.26. The molecule has 0 radical (unpaired) electrons. The molecule has 130 valence electrons. The Hall–Kier alpha value is 0.0969. The maximum Gasteiger partial charge on any atom is 0.352 e. The Bertz CT molecular complexity index is 301. The van der Waals surface area contributed by atoms with Gasteiger partial charge in [0.25, 0.3) is 0 Å². The summed E-state index contributed by atoms with van der Waals surface area (Å²) >= 11 is 0. The maximum atomic E-state index is 6.26. The molecule has 1 saturated heterocycles. The summed E-state index contributed by atoms with van der Waals surface area (Å²) in [6.45, 7) is 10.7. The lowest BCUT2D eigenvalue weighted by Crippen LogP contribution is -2.59. The molecule has 1 unspecified atom stereocenters. The van der Waals surface area contributed by atoms with Crippen LogP contribution in [0.2, 0.25) is 6.55 Å². The molecule has 4 heteroatoms. The minimum Gasteiger partial charge on any atom is -0.394 e. The Morgan fingerprint density at radius 3 is 2.09 bits per heavy atom. The number of likely N-dealkylation sites (tertiary alicyclic amines) is 1. The molecule has 22 heavy (non-hydrogen) atoms. The number of hydrogen-bond acceptors (Lipinski definition) is 3. The van der Waals surface area contributed by atoms with E-state index < -0.39 is 8.56 Å². The molecule has 1 atom stereocenters. The number of hydrogen-bond donors (Lipinski definition) is 0. The second kappa shape index (κ2) is 9.41. The van der Waals surface area contributed by atoms with Crippen molar-refractivity contribution in [3.63, 3.8) is 0 Å². The first-order valence-electron chi connectivity index (χ1n) is 9.71. The highest BCUT2D eigenvalue weighted by Gasteiger charge is 2.44. The normalized spacial score (nSPS) is 26.0. The van der Waals surface area contributed by atoms with Gasteiger partial charge in [-0.1, -0.05) is 32.1 Å². The highest BCUT2D eigenvalue weighted by molar-refractivity contribution is 6.67. The van der Waals surface area contributed by atoms with Gasteiger partial charge in [0.15, 0.2) is 0 Å². The van der Waals surface area contributed by atoms with E-state index in [1.165, 1.54) is 70.9 Å². The monoisotopic (exact) mass is 327 g/mol. The van der Waals surface area contributed by atoms with Gasteiger partial charge in [0.2, 0.25) is 0 Å². The summed E-state index contributed by atoms with van der Waals surface area (Å²) in [6.07, 6.45) is 12.5. The first-order chi connectivity index (χ1) is 10.7. The minimum absolute atomic E-state index is 0.553. The highest BCUT2D eigenvalue weighted by Crippen LogP contribution is 2.30. The lowest BCUT2D eigenvalue weighted by atomic mass is 9.89. The molecule has 2 aliphatic rings. The van der Waals surface area contributed by atoms with Crippen LogP contribution in [0.15, 0.2) is 0 Å². The molecule has 3 nitrogen and oxygen atoms in total. The van der Waals surface area contributed by atoms with Gasteiger partial charge in [0.1, 0.15) is 0 Å². The van der Waals surface area contributed by atoms with Crippen LogP contribution in [-0.2, 0) is 8.85 Å². The average Bonchev–Trinajstić information content (AvgIpc) is 2.75. The first kappa shape index (κ1) is 18.4. The van der Waals surface area contributed by atoms with Gasteiger partial charge < -0.3 is 8.85 Å². The van der Waals surface area contributed by atoms with Gasteiger partial charge in [-0.15, -0.1) is 0 Å². The first-order valence-corrected chi connectivity index (χ1v) is 12.1. The molecule has 1 aliphatic carbocycles. The third-order valence-electron chi connectivity index (χ3n) is 5.55. The summed E-state index contributed by atoms with van der Waals surface area (Å²) in [7, 11) is -2.10. The predicted octanol–water partition coefficient (Wildman–Crippen LogP) is 4.50. The number of nitrogens with zero attached hydrogens (tertiary/aromatic N) is 1. The SMILES string of the molecule is CCO[Si](C)(OCC)C1CCCCCN1CC1CCCCC1. The second-order valence-electron chi connectivity index (χ2n) is 7.25. The molecule has 1 aliphatic heterocycles. The Morgan fingerprint density at radius 1 is 0.864 bits per heavy atom. The zero-order chi connectivity index (χ0) is 15.8. The van der Waals surface area contributed by atoms with Crippen molar-refractivity contribution < 1.29 is 8.85 Å². The van der Waals surface area contributed by atoms with Crippen molar-refractivity contribution >= 4 is 8.56 Å². The van der Waals surface area contributed by atoms with Crippen molar-refractivity contribution in [1.82, 2.24) is 4.90 Å². The van der Waals surface area contributed by atoms with E-state index >= 15 is 0 Å². The Morgan fingerprint density at radius 2 is 1.45 bits per heavy atom. The van der Waals surface area contributed by atoms with Crippen molar-refractivity contribution in [2.45, 2.75) is 83.8 Å². The van der Waals surface area contributed by atoms with E-state index in [9.17, 15) is 0 Å². The molecule has 0 N–H and O–H groups in total. The molecule has 2 fully saturated rings. The molecule has 0 aromatic rings. The van der Waals surface area contributed by atoms with Crippen LogP contribution >= 0.6 is 0 Å². The van der Waals surface area contributed by atoms with Crippen molar-refractivity contribution in [2.24, 2.45) is 5.92 Å². The quantitative estimate of drug-likeness (QED) is 0.643. The molecule has 0 aromatic heterocycles. The molecule has 0 aromatic carbocycles. The lowest BCUT2D eigenvalue weighted by molar-refractivity contribution is 0.115. The molecular weight excluding hydrogens is 290 g/mol. The minimum atomic E-state index is -2.10. The standard InChI is InChI=1S/C18H37NO2Si/c1-4-20-22(3,21-5-2)18-14-10-7-11-15-19(18)16-17-12-8-6-9-13-17/h17-18H,4-16H2,1-3H3. The van der Waals surface area contributed by atoms with Gasteiger partial charge in [-0.2, -0.15) is 0 Å². The molecule has 2 rings (SSSR count). The zero-order valence-corrected chi connectivity index (χ0v) is 16.1. The Kier molecular flexibility index (Phi) is 7.88. The van der Waals surface area contributed by atoms with Gasteiger partial charge in [0, 0.05) is 19.8 Å². The largest absolute Gasteiger partial charge is 0.394 e. The van der Waals surface area contributed by atoms with Crippen LogP contribution in [0.1, 0.15) is 71.6 Å². The van der Waals surface area contributed by atoms with E-state index in [-0.39, 0.29) is 0 Å². The second-order valence-corrected chi connectivity index (χ2v) is 10.5. The summed E-state index contributed by atoms with van der Waals surface area (Å²) < 4.78 is 12.5. The molecule has 1 saturated carbocycles. The van der Waals surface area contributed by atoms with Gasteiger partial charge in [-0.3, -0.25) is 4.90 Å². The fourth-order valence-corrected chi connectivity index (χ4v) is 7.73. The van der Waals surface area contributed by atoms with Crippen molar-refractivity contribution in [3.8, 4) is 0 Å². The van der Waals surface area contributed by atoms with E-state index in [0.717, 1.165) is 19.1 Å². The molecule has 1 heterocycles. The fraction of sp³-hybridized carbons (Fsp3) is 1.00. The molecular formula is C18H37NO2Si. The van der Waals surface area contributed by atoms with E-state index in [2.05, 4.69) is 25.3 Å². The average molecular weight is 328 g/mol. The summed E-state index contributed by atoms with van der Waals surface area (Å²) in [5, 5.41) is 0. The van der Waals surface area contributed by atoms with Crippen LogP contribution in [0.25, 0.3) is 0 Å². The topological polar surface area (TPSA) is 21.7 Å². The van der Waals surface area contributed by atoms with E-state index in [1.807, 2.05) is 0 Å². The summed E-state index contributed by atoms with van der Waals surface area (Å²) in [5.74, 6) is 0.913. The van der Waals surface area contributed by atoms with Crippen LogP contribution < -0.4 is 0 Å². The zero-order valence-electron chi connectivity index (χ0n) is 15.1. The molecule has 0 bridgehead atoms. The van der Waals surface area contributed by atoms with E-state index in [0.29, 0.717) is 5.67 Å². The van der Waals surface area contributed by atoms with Crippen LogP contribution in [0.3, 0.4) is 0 Å². The van der Waals surface area contributed by atoms with Gasteiger partial charge in [-0.25, -0.2) is 0 Å². The van der Waals surface area contributed by atoms with Crippen LogP contribution in [0, 0.1) is 5.92 Å². The lowest BCUT2D eigenvalue weighted by Gasteiger charge is -2.42. The van der Waals surface area contributed by atoms with E-state index in [1.54, 1.807) is 0 Å². The van der Waals surface area contributed by atoms with Crippen molar-refractivity contribution in [2.75, 3.05) is 26.3 Å². The van der Waals surface area contributed by atoms with Crippen LogP contribution in [-0.4, -0.2) is 45.4 Å². The number of rotatable bonds is 7. The van der Waals surface area contributed by atoms with E-state index in [4.69, 9.17) is 8.85 Å². The third kappa shape index (κ3) is 5.05. The Labute approximate surface area is 139 Å². The molecule has 0 spiro atoms. The summed E-state index contributed by atoms with van der Waals surface area (Å²) in [5.41, 5.74) is 0.553.